The molecule has 4 heterocycles. The first-order chi connectivity index (χ1) is 28.2. The number of aromatic nitrogens is 4. The van der Waals surface area contributed by atoms with E-state index in [-0.39, 0.29) is 0 Å². The number of para-hydroxylation sites is 4. The van der Waals surface area contributed by atoms with Crippen LogP contribution in [0.5, 0.6) is 0 Å². The third kappa shape index (κ3) is 4.34. The van der Waals surface area contributed by atoms with Crippen LogP contribution in [0.2, 0.25) is 0 Å². The Balaban J connectivity index is 1.07. The monoisotopic (exact) mass is 726 g/mol. The van der Waals surface area contributed by atoms with Gasteiger partial charge in [-0.1, -0.05) is 121 Å². The van der Waals surface area contributed by atoms with Gasteiger partial charge >= 0.3 is 0 Å². The van der Waals surface area contributed by atoms with Gasteiger partial charge in [-0.05, 0) is 76.8 Å². The van der Waals surface area contributed by atoms with Crippen LogP contribution in [-0.4, -0.2) is 19.1 Å². The molecule has 13 rings (SSSR count). The van der Waals surface area contributed by atoms with E-state index in [1.807, 2.05) is 18.2 Å². The second kappa shape index (κ2) is 11.4. The highest BCUT2D eigenvalue weighted by molar-refractivity contribution is 6.19. The van der Waals surface area contributed by atoms with Crippen LogP contribution in [0.1, 0.15) is 0 Å². The van der Waals surface area contributed by atoms with E-state index in [0.717, 1.165) is 77.0 Å². The van der Waals surface area contributed by atoms with Crippen molar-refractivity contribution in [3.05, 3.63) is 182 Å². The van der Waals surface area contributed by atoms with Crippen molar-refractivity contribution in [3.63, 3.8) is 0 Å². The molecule has 0 amide bonds. The average molecular weight is 727 g/mol. The summed E-state index contributed by atoms with van der Waals surface area (Å²) in [5, 5.41) is 12.8. The second-order valence-electron chi connectivity index (χ2n) is 15.0. The summed E-state index contributed by atoms with van der Waals surface area (Å²) in [4.78, 5) is 10.7. The minimum Gasteiger partial charge on any atom is -0.456 e. The van der Waals surface area contributed by atoms with E-state index in [1.165, 1.54) is 38.0 Å². The molecule has 0 aliphatic rings. The smallest absolute Gasteiger partial charge is 0.235 e. The maximum atomic E-state index is 6.34. The minimum absolute atomic E-state index is 0.629. The molecule has 264 valence electrons. The predicted octanol–water partition coefficient (Wildman–Crippen LogP) is 13.7. The van der Waals surface area contributed by atoms with Crippen molar-refractivity contribution in [2.24, 2.45) is 0 Å². The first-order valence-electron chi connectivity index (χ1n) is 19.3. The summed E-state index contributed by atoms with van der Waals surface area (Å²) in [5.74, 6) is 0.629. The molecule has 0 fully saturated rings. The number of nitrogens with zero attached hydrogens (tertiary/aromatic N) is 4. The molecule has 9 aromatic carbocycles. The zero-order chi connectivity index (χ0) is 37.2. The topological polar surface area (TPSA) is 48.8 Å². The lowest BCUT2D eigenvalue weighted by molar-refractivity contribution is 0.669. The Morgan fingerprint density at radius 3 is 1.91 bits per heavy atom. The van der Waals surface area contributed by atoms with Gasteiger partial charge in [0.2, 0.25) is 5.95 Å². The van der Waals surface area contributed by atoms with Gasteiger partial charge < -0.3 is 8.98 Å². The number of furan rings is 1. The predicted molar refractivity (Wildman–Crippen MR) is 236 cm³/mol. The first-order valence-corrected chi connectivity index (χ1v) is 19.3. The van der Waals surface area contributed by atoms with Gasteiger partial charge in [-0.15, -0.1) is 0 Å². The summed E-state index contributed by atoms with van der Waals surface area (Å²) in [5.41, 5.74) is 10.1. The van der Waals surface area contributed by atoms with Crippen LogP contribution in [0.4, 0.5) is 0 Å². The summed E-state index contributed by atoms with van der Waals surface area (Å²) in [7, 11) is 0. The Hall–Kier alpha value is -7.76. The summed E-state index contributed by atoms with van der Waals surface area (Å²) < 4.78 is 11.0. The SMILES string of the molecule is c1ccc2c(c1)ccc1c3ccccc3n(-c3ccc4cc5c6ccccc6n(-c6nc(-c7ccc8c(c7)oc7ccccc78)c7ccccc7n6)c5cc4c3)c21. The maximum absolute atomic E-state index is 6.34. The lowest BCUT2D eigenvalue weighted by atomic mass is 10.0. The molecule has 0 saturated heterocycles. The summed E-state index contributed by atoms with van der Waals surface area (Å²) in [6.07, 6.45) is 0. The summed E-state index contributed by atoms with van der Waals surface area (Å²) in [6, 6.07) is 64.9. The van der Waals surface area contributed by atoms with E-state index in [9.17, 15) is 0 Å². The number of rotatable bonds is 3. The fourth-order valence-electron chi connectivity index (χ4n) is 9.31. The van der Waals surface area contributed by atoms with Crippen molar-refractivity contribution in [2.75, 3.05) is 0 Å². The van der Waals surface area contributed by atoms with Crippen molar-refractivity contribution < 1.29 is 4.42 Å². The Bertz CT molecular complexity index is 3830. The van der Waals surface area contributed by atoms with Crippen LogP contribution >= 0.6 is 0 Å². The summed E-state index contributed by atoms with van der Waals surface area (Å²) in [6.45, 7) is 0. The van der Waals surface area contributed by atoms with Gasteiger partial charge in [0.25, 0.3) is 0 Å². The highest BCUT2D eigenvalue weighted by Gasteiger charge is 2.20. The van der Waals surface area contributed by atoms with Crippen molar-refractivity contribution in [1.82, 2.24) is 19.1 Å². The van der Waals surface area contributed by atoms with Crippen LogP contribution in [0, 0.1) is 0 Å². The van der Waals surface area contributed by atoms with Gasteiger partial charge in [0.15, 0.2) is 0 Å². The Kier molecular flexibility index (Phi) is 6.10. The number of fused-ring (bicyclic) bond motifs is 13. The minimum atomic E-state index is 0.629. The summed E-state index contributed by atoms with van der Waals surface area (Å²) >= 11 is 0. The highest BCUT2D eigenvalue weighted by Crippen LogP contribution is 2.40. The highest BCUT2D eigenvalue weighted by atomic mass is 16.3. The lowest BCUT2D eigenvalue weighted by Gasteiger charge is -2.13. The number of hydrogen-bond acceptors (Lipinski definition) is 3. The normalized spacial score (nSPS) is 12.2. The van der Waals surface area contributed by atoms with Gasteiger partial charge in [0.05, 0.1) is 33.3 Å². The zero-order valence-electron chi connectivity index (χ0n) is 30.5. The zero-order valence-corrected chi connectivity index (χ0v) is 30.5. The largest absolute Gasteiger partial charge is 0.456 e. The van der Waals surface area contributed by atoms with Crippen molar-refractivity contribution in [3.8, 4) is 22.9 Å². The molecule has 0 unspecified atom stereocenters. The third-order valence-corrected chi connectivity index (χ3v) is 11.9. The molecule has 0 aliphatic heterocycles. The van der Waals surface area contributed by atoms with E-state index >= 15 is 0 Å². The van der Waals surface area contributed by atoms with E-state index < -0.39 is 0 Å². The lowest BCUT2D eigenvalue weighted by Crippen LogP contribution is -2.03. The van der Waals surface area contributed by atoms with Crippen LogP contribution in [0.15, 0.2) is 186 Å². The van der Waals surface area contributed by atoms with E-state index in [0.29, 0.717) is 5.95 Å². The first kappa shape index (κ1) is 30.6. The fraction of sp³-hybridized carbons (Fsp3) is 0. The molecule has 0 atom stereocenters. The van der Waals surface area contributed by atoms with Crippen LogP contribution in [0.3, 0.4) is 0 Å². The van der Waals surface area contributed by atoms with Gasteiger partial charge in [-0.2, -0.15) is 0 Å². The molecule has 4 aromatic heterocycles. The average Bonchev–Trinajstić information content (AvgIpc) is 3.92. The Morgan fingerprint density at radius 2 is 1.04 bits per heavy atom. The molecular formula is C52H30N4O. The Labute approximate surface area is 325 Å². The molecule has 5 heteroatoms. The van der Waals surface area contributed by atoms with Crippen LogP contribution in [0.25, 0.3) is 121 Å². The van der Waals surface area contributed by atoms with E-state index in [4.69, 9.17) is 14.4 Å². The van der Waals surface area contributed by atoms with Gasteiger partial charge in [-0.3, -0.25) is 4.57 Å². The molecule has 0 N–H and O–H groups in total. The van der Waals surface area contributed by atoms with Gasteiger partial charge in [-0.25, -0.2) is 9.97 Å². The van der Waals surface area contributed by atoms with Crippen LogP contribution in [-0.2, 0) is 0 Å². The fourth-order valence-corrected chi connectivity index (χ4v) is 9.31. The number of hydrogen-bond donors (Lipinski definition) is 0. The van der Waals surface area contributed by atoms with E-state index in [2.05, 4.69) is 173 Å². The quantitative estimate of drug-likeness (QED) is 0.182. The third-order valence-electron chi connectivity index (χ3n) is 11.9. The maximum Gasteiger partial charge on any atom is 0.235 e. The molecule has 0 saturated carbocycles. The van der Waals surface area contributed by atoms with Gasteiger partial charge in [0, 0.05) is 54.3 Å². The standard InChI is InChI=1S/C52H30N4O/c1-2-12-36-31(11-1)22-26-41-37-13-4-8-18-45(37)55(51(36)41)35-24-21-32-28-43-38-14-5-9-19-46(38)56(47(43)29-34(32)27-35)52-53-44-17-7-3-16-42(44)50(54-52)33-23-25-40-39-15-6-10-20-48(39)57-49(40)30-33/h1-30H. The number of benzene rings is 9. The molecule has 57 heavy (non-hydrogen) atoms. The van der Waals surface area contributed by atoms with Gasteiger partial charge in [0.1, 0.15) is 11.2 Å². The molecule has 0 spiro atoms. The van der Waals surface area contributed by atoms with Crippen molar-refractivity contribution >= 4 is 98.0 Å². The molecule has 0 radical (unpaired) electrons. The van der Waals surface area contributed by atoms with Crippen molar-refractivity contribution in [2.45, 2.75) is 0 Å². The molecule has 0 bridgehead atoms. The van der Waals surface area contributed by atoms with Crippen LogP contribution < -0.4 is 0 Å². The molecule has 0 aliphatic carbocycles. The Morgan fingerprint density at radius 1 is 0.368 bits per heavy atom. The molecular weight excluding hydrogens is 697 g/mol. The van der Waals surface area contributed by atoms with Crippen molar-refractivity contribution in [1.29, 1.82) is 0 Å². The second-order valence-corrected chi connectivity index (χ2v) is 15.0. The molecule has 13 aromatic rings. The molecule has 5 nitrogen and oxygen atoms in total. The van der Waals surface area contributed by atoms with E-state index in [1.54, 1.807) is 0 Å².